The van der Waals surface area contributed by atoms with E-state index in [9.17, 15) is 4.79 Å². The Hall–Kier alpha value is -2.80. The van der Waals surface area contributed by atoms with E-state index >= 15 is 0 Å². The predicted octanol–water partition coefficient (Wildman–Crippen LogP) is 3.43. The molecule has 0 saturated heterocycles. The quantitative estimate of drug-likeness (QED) is 0.752. The molecule has 1 aliphatic heterocycles. The molecule has 2 N–H and O–H groups in total. The van der Waals surface area contributed by atoms with Crippen molar-refractivity contribution in [3.63, 3.8) is 0 Å². The second kappa shape index (κ2) is 6.98. The van der Waals surface area contributed by atoms with Crippen LogP contribution in [0, 0.1) is 0 Å². The van der Waals surface area contributed by atoms with E-state index in [1.165, 1.54) is 16.9 Å². The summed E-state index contributed by atoms with van der Waals surface area (Å²) in [5.41, 5.74) is 1.97. The van der Waals surface area contributed by atoms with Crippen molar-refractivity contribution in [3.05, 3.63) is 48.0 Å². The Morgan fingerprint density at radius 1 is 1.12 bits per heavy atom. The van der Waals surface area contributed by atoms with E-state index in [1.807, 2.05) is 42.5 Å². The number of carbonyl (C=O) groups excluding carboxylic acids is 1. The van der Waals surface area contributed by atoms with Crippen LogP contribution in [0.5, 0.6) is 11.5 Å². The van der Waals surface area contributed by atoms with Gasteiger partial charge in [-0.2, -0.15) is 0 Å². The molecule has 128 valence electrons. The van der Waals surface area contributed by atoms with Crippen LogP contribution in [-0.4, -0.2) is 30.8 Å². The molecule has 25 heavy (non-hydrogen) atoms. The topological polar surface area (TPSA) is 72.5 Å². The molecule has 2 amide bonds. The van der Waals surface area contributed by atoms with Crippen LogP contribution in [-0.2, 0) is 6.42 Å². The Morgan fingerprint density at radius 2 is 1.88 bits per heavy atom. The molecule has 0 unspecified atom stereocenters. The number of amides is 2. The molecule has 0 bridgehead atoms. The summed E-state index contributed by atoms with van der Waals surface area (Å²) < 4.78 is 12.1. The molecule has 4 rings (SSSR count). The van der Waals surface area contributed by atoms with Gasteiger partial charge in [0.25, 0.3) is 0 Å². The number of urea groups is 1. The maximum Gasteiger partial charge on any atom is 0.321 e. The van der Waals surface area contributed by atoms with Crippen LogP contribution in [0.3, 0.4) is 0 Å². The fourth-order valence-electron chi connectivity index (χ4n) is 2.62. The number of aromatic nitrogens is 1. The normalized spacial score (nSPS) is 12.8. The van der Waals surface area contributed by atoms with Gasteiger partial charge in [-0.25, -0.2) is 9.78 Å². The van der Waals surface area contributed by atoms with Gasteiger partial charge in [-0.1, -0.05) is 41.7 Å². The fourth-order valence-corrected chi connectivity index (χ4v) is 3.50. The first-order valence-electron chi connectivity index (χ1n) is 8.07. The first kappa shape index (κ1) is 15.7. The lowest BCUT2D eigenvalue weighted by molar-refractivity contribution is 0.172. The van der Waals surface area contributed by atoms with Crippen molar-refractivity contribution in [2.24, 2.45) is 0 Å². The molecule has 2 aromatic carbocycles. The first-order valence-corrected chi connectivity index (χ1v) is 8.88. The van der Waals surface area contributed by atoms with Gasteiger partial charge in [0.05, 0.1) is 10.2 Å². The number of hydrogen-bond acceptors (Lipinski definition) is 5. The number of anilines is 1. The summed E-state index contributed by atoms with van der Waals surface area (Å²) in [6, 6.07) is 13.5. The summed E-state index contributed by atoms with van der Waals surface area (Å²) in [5, 5.41) is 6.18. The van der Waals surface area contributed by atoms with Gasteiger partial charge in [-0.05, 0) is 12.0 Å². The predicted molar refractivity (Wildman–Crippen MR) is 97.8 cm³/mol. The third kappa shape index (κ3) is 3.66. The maximum atomic E-state index is 12.0. The summed E-state index contributed by atoms with van der Waals surface area (Å²) in [6.07, 6.45) is 0.787. The van der Waals surface area contributed by atoms with E-state index in [4.69, 9.17) is 9.47 Å². The van der Waals surface area contributed by atoms with E-state index in [0.29, 0.717) is 30.6 Å². The number of ether oxygens (including phenoxy) is 2. The van der Waals surface area contributed by atoms with Crippen LogP contribution in [0.25, 0.3) is 10.2 Å². The molecule has 6 nitrogen and oxygen atoms in total. The molecule has 0 saturated carbocycles. The molecule has 0 atom stereocenters. The highest BCUT2D eigenvalue weighted by Gasteiger charge is 2.15. The lowest BCUT2D eigenvalue weighted by Crippen LogP contribution is -2.30. The van der Waals surface area contributed by atoms with E-state index < -0.39 is 0 Å². The molecule has 1 aliphatic rings. The molecule has 0 radical (unpaired) electrons. The van der Waals surface area contributed by atoms with E-state index in [1.54, 1.807) is 0 Å². The molecule has 0 fully saturated rings. The molecule has 1 aromatic heterocycles. The van der Waals surface area contributed by atoms with Crippen LogP contribution in [0.15, 0.2) is 42.5 Å². The van der Waals surface area contributed by atoms with Crippen LogP contribution in [0.4, 0.5) is 9.93 Å². The van der Waals surface area contributed by atoms with E-state index in [2.05, 4.69) is 15.6 Å². The third-order valence-corrected chi connectivity index (χ3v) is 4.75. The molecular formula is C18H17N3O3S. The minimum absolute atomic E-state index is 0.257. The summed E-state index contributed by atoms with van der Waals surface area (Å²) in [4.78, 5) is 16.5. The van der Waals surface area contributed by atoms with Crippen LogP contribution in [0.1, 0.15) is 5.56 Å². The lowest BCUT2D eigenvalue weighted by atomic mass is 10.1. The molecule has 7 heteroatoms. The number of carbonyl (C=O) groups is 1. The average Bonchev–Trinajstić information content (AvgIpc) is 3.01. The standard InChI is InChI=1S/C18H17N3O3S/c22-17(19-7-6-12-4-2-1-3-5-12)21-18-20-13-10-14-15(11-16(13)25-18)24-9-8-23-14/h1-5,10-11H,6-9H2,(H2,19,20,21,22). The highest BCUT2D eigenvalue weighted by atomic mass is 32.1. The van der Waals surface area contributed by atoms with E-state index in [-0.39, 0.29) is 6.03 Å². The number of fused-ring (bicyclic) bond motifs is 2. The van der Waals surface area contributed by atoms with Gasteiger partial charge in [0, 0.05) is 18.7 Å². The van der Waals surface area contributed by atoms with Gasteiger partial charge >= 0.3 is 6.03 Å². The van der Waals surface area contributed by atoms with Crippen molar-refractivity contribution in [2.75, 3.05) is 25.1 Å². The SMILES string of the molecule is O=C(NCCc1ccccc1)Nc1nc2cc3c(cc2s1)OCCO3. The summed E-state index contributed by atoms with van der Waals surface area (Å²) >= 11 is 1.41. The Balaban J connectivity index is 1.37. The smallest absolute Gasteiger partial charge is 0.321 e. The van der Waals surface area contributed by atoms with Gasteiger partial charge < -0.3 is 14.8 Å². The largest absolute Gasteiger partial charge is 0.486 e. The number of nitrogens with zero attached hydrogens (tertiary/aromatic N) is 1. The average molecular weight is 355 g/mol. The van der Waals surface area contributed by atoms with Crippen molar-refractivity contribution in [1.82, 2.24) is 10.3 Å². The maximum absolute atomic E-state index is 12.0. The molecule has 0 spiro atoms. The van der Waals surface area contributed by atoms with E-state index in [0.717, 1.165) is 22.4 Å². The molecule has 0 aliphatic carbocycles. The summed E-state index contributed by atoms with van der Waals surface area (Å²) in [6.45, 7) is 1.65. The Bertz CT molecular complexity index is 852. The highest BCUT2D eigenvalue weighted by Crippen LogP contribution is 2.37. The summed E-state index contributed by atoms with van der Waals surface area (Å²) in [7, 11) is 0. The summed E-state index contributed by atoms with van der Waals surface area (Å²) in [5.74, 6) is 1.42. The van der Waals surface area contributed by atoms with Crippen molar-refractivity contribution < 1.29 is 14.3 Å². The van der Waals surface area contributed by atoms with Crippen molar-refractivity contribution in [3.8, 4) is 11.5 Å². The van der Waals surface area contributed by atoms with Gasteiger partial charge in [-0.15, -0.1) is 0 Å². The zero-order valence-electron chi connectivity index (χ0n) is 13.5. The molecule has 2 heterocycles. The van der Waals surface area contributed by atoms with Crippen molar-refractivity contribution in [2.45, 2.75) is 6.42 Å². The van der Waals surface area contributed by atoms with Crippen LogP contribution < -0.4 is 20.1 Å². The minimum atomic E-state index is -0.257. The Kier molecular flexibility index (Phi) is 4.39. The van der Waals surface area contributed by atoms with Crippen molar-refractivity contribution >= 4 is 32.7 Å². The second-order valence-electron chi connectivity index (χ2n) is 5.60. The number of thiazole rings is 1. The monoisotopic (exact) mass is 355 g/mol. The lowest BCUT2D eigenvalue weighted by Gasteiger charge is -2.17. The molecule has 3 aromatic rings. The fraction of sp³-hybridized carbons (Fsp3) is 0.222. The zero-order valence-corrected chi connectivity index (χ0v) is 14.3. The van der Waals surface area contributed by atoms with Gasteiger partial charge in [-0.3, -0.25) is 5.32 Å². The zero-order chi connectivity index (χ0) is 17.1. The van der Waals surface area contributed by atoms with Crippen LogP contribution >= 0.6 is 11.3 Å². The van der Waals surface area contributed by atoms with Gasteiger partial charge in [0.2, 0.25) is 0 Å². The molecular weight excluding hydrogens is 338 g/mol. The first-order chi connectivity index (χ1) is 12.3. The van der Waals surface area contributed by atoms with Gasteiger partial charge in [0.15, 0.2) is 16.6 Å². The third-order valence-electron chi connectivity index (χ3n) is 3.81. The Morgan fingerprint density at radius 3 is 2.68 bits per heavy atom. The number of nitrogens with one attached hydrogen (secondary N) is 2. The van der Waals surface area contributed by atoms with Crippen LogP contribution in [0.2, 0.25) is 0 Å². The van der Waals surface area contributed by atoms with Crippen molar-refractivity contribution in [1.29, 1.82) is 0 Å². The number of benzene rings is 2. The minimum Gasteiger partial charge on any atom is -0.486 e. The highest BCUT2D eigenvalue weighted by molar-refractivity contribution is 7.22. The Labute approximate surface area is 148 Å². The second-order valence-corrected chi connectivity index (χ2v) is 6.63. The number of hydrogen-bond donors (Lipinski definition) is 2. The van der Waals surface area contributed by atoms with Gasteiger partial charge in [0.1, 0.15) is 13.2 Å². The number of rotatable bonds is 4.